The summed E-state index contributed by atoms with van der Waals surface area (Å²) in [6, 6.07) is 8.91. The Labute approximate surface area is 111 Å². The average molecular weight is 264 g/mol. The molecular formula is C13H14ClN3O. The van der Waals surface area contributed by atoms with Crippen molar-refractivity contribution < 1.29 is 4.79 Å². The number of carbonyl (C=O) groups excluding carboxylic acids is 1. The van der Waals surface area contributed by atoms with Crippen molar-refractivity contribution in [2.75, 3.05) is 5.32 Å². The maximum atomic E-state index is 11.6. The standard InChI is InChI=1S/C13H14ClN3O/c1-9(2)17-13(18)10(7-15)8-16-12-6-4-3-5-11(12)14/h3-6,8-9,16H,1-2H3,(H,17,18)/b10-8-. The normalized spacial score (nSPS) is 10.9. The number of amides is 1. The van der Waals surface area contributed by atoms with Gasteiger partial charge in [0.05, 0.1) is 10.7 Å². The first-order chi connectivity index (χ1) is 8.54. The van der Waals surface area contributed by atoms with Crippen molar-refractivity contribution in [2.45, 2.75) is 19.9 Å². The van der Waals surface area contributed by atoms with E-state index in [1.54, 1.807) is 18.2 Å². The summed E-state index contributed by atoms with van der Waals surface area (Å²) < 4.78 is 0. The van der Waals surface area contributed by atoms with Gasteiger partial charge in [0.15, 0.2) is 0 Å². The zero-order valence-corrected chi connectivity index (χ0v) is 11.0. The molecule has 1 rings (SSSR count). The molecule has 0 heterocycles. The molecule has 0 spiro atoms. The van der Waals surface area contributed by atoms with Crippen LogP contribution in [0.1, 0.15) is 13.8 Å². The van der Waals surface area contributed by atoms with Crippen LogP contribution in [0.5, 0.6) is 0 Å². The van der Waals surface area contributed by atoms with Gasteiger partial charge in [0.1, 0.15) is 11.6 Å². The van der Waals surface area contributed by atoms with Gasteiger partial charge in [-0.05, 0) is 26.0 Å². The predicted octanol–water partition coefficient (Wildman–Crippen LogP) is 2.68. The van der Waals surface area contributed by atoms with Crippen LogP contribution in [0.3, 0.4) is 0 Å². The van der Waals surface area contributed by atoms with Gasteiger partial charge in [-0.1, -0.05) is 23.7 Å². The molecular weight excluding hydrogens is 250 g/mol. The fraction of sp³-hybridized carbons (Fsp3) is 0.231. The van der Waals surface area contributed by atoms with Crippen LogP contribution >= 0.6 is 11.6 Å². The lowest BCUT2D eigenvalue weighted by atomic mass is 10.2. The number of rotatable bonds is 4. The Morgan fingerprint density at radius 1 is 1.44 bits per heavy atom. The first-order valence-electron chi connectivity index (χ1n) is 5.46. The Hall–Kier alpha value is -1.99. The largest absolute Gasteiger partial charge is 0.359 e. The first kappa shape index (κ1) is 14.1. The summed E-state index contributed by atoms with van der Waals surface area (Å²) in [5, 5.41) is 14.9. The van der Waals surface area contributed by atoms with Crippen molar-refractivity contribution >= 4 is 23.2 Å². The quantitative estimate of drug-likeness (QED) is 0.648. The molecule has 0 aromatic heterocycles. The summed E-state index contributed by atoms with van der Waals surface area (Å²) in [6.45, 7) is 3.66. The van der Waals surface area contributed by atoms with Gasteiger partial charge in [-0.2, -0.15) is 5.26 Å². The number of halogens is 1. The van der Waals surface area contributed by atoms with Crippen LogP contribution in [-0.4, -0.2) is 11.9 Å². The minimum atomic E-state index is -0.410. The third kappa shape index (κ3) is 4.11. The van der Waals surface area contributed by atoms with Gasteiger partial charge in [-0.3, -0.25) is 4.79 Å². The van der Waals surface area contributed by atoms with Crippen LogP contribution in [0.4, 0.5) is 5.69 Å². The average Bonchev–Trinajstić information content (AvgIpc) is 2.31. The predicted molar refractivity (Wildman–Crippen MR) is 72.0 cm³/mol. The summed E-state index contributed by atoms with van der Waals surface area (Å²) in [7, 11) is 0. The number of anilines is 1. The van der Waals surface area contributed by atoms with E-state index in [4.69, 9.17) is 16.9 Å². The number of benzene rings is 1. The molecule has 0 bridgehead atoms. The summed E-state index contributed by atoms with van der Waals surface area (Å²) >= 11 is 5.94. The van der Waals surface area contributed by atoms with Crippen LogP contribution in [0.2, 0.25) is 5.02 Å². The van der Waals surface area contributed by atoms with Gasteiger partial charge < -0.3 is 10.6 Å². The molecule has 18 heavy (non-hydrogen) atoms. The topological polar surface area (TPSA) is 64.9 Å². The van der Waals surface area contributed by atoms with E-state index in [9.17, 15) is 4.79 Å². The smallest absolute Gasteiger partial charge is 0.263 e. The Morgan fingerprint density at radius 3 is 2.67 bits per heavy atom. The molecule has 2 N–H and O–H groups in total. The lowest BCUT2D eigenvalue weighted by molar-refractivity contribution is -0.117. The van der Waals surface area contributed by atoms with E-state index in [1.165, 1.54) is 6.20 Å². The molecule has 1 aromatic carbocycles. The zero-order valence-electron chi connectivity index (χ0n) is 10.2. The lowest BCUT2D eigenvalue weighted by Crippen LogP contribution is -2.31. The molecule has 1 amide bonds. The van der Waals surface area contributed by atoms with Gasteiger partial charge in [0.2, 0.25) is 0 Å². The van der Waals surface area contributed by atoms with Crippen LogP contribution in [0.25, 0.3) is 0 Å². The molecule has 5 heteroatoms. The van der Waals surface area contributed by atoms with Crippen LogP contribution in [0.15, 0.2) is 36.0 Å². The van der Waals surface area contributed by atoms with Crippen LogP contribution < -0.4 is 10.6 Å². The fourth-order valence-corrected chi connectivity index (χ4v) is 1.41. The van der Waals surface area contributed by atoms with Gasteiger partial charge in [0.25, 0.3) is 5.91 Å². The highest BCUT2D eigenvalue weighted by atomic mass is 35.5. The fourth-order valence-electron chi connectivity index (χ4n) is 1.22. The maximum Gasteiger partial charge on any atom is 0.263 e. The van der Waals surface area contributed by atoms with E-state index in [2.05, 4.69) is 10.6 Å². The molecule has 0 saturated carbocycles. The molecule has 0 aliphatic carbocycles. The van der Waals surface area contributed by atoms with Gasteiger partial charge in [-0.15, -0.1) is 0 Å². The van der Waals surface area contributed by atoms with E-state index in [0.717, 1.165) is 0 Å². The van der Waals surface area contributed by atoms with Crippen molar-refractivity contribution in [2.24, 2.45) is 0 Å². The minimum absolute atomic E-state index is 0.00335. The first-order valence-corrected chi connectivity index (χ1v) is 5.84. The summed E-state index contributed by atoms with van der Waals surface area (Å²) in [4.78, 5) is 11.6. The van der Waals surface area contributed by atoms with Crippen LogP contribution in [-0.2, 0) is 4.79 Å². The Bertz CT molecular complexity index is 503. The monoisotopic (exact) mass is 263 g/mol. The molecule has 0 unspecified atom stereocenters. The van der Waals surface area contributed by atoms with Gasteiger partial charge >= 0.3 is 0 Å². The highest BCUT2D eigenvalue weighted by molar-refractivity contribution is 6.33. The second-order valence-electron chi connectivity index (χ2n) is 3.92. The van der Waals surface area contributed by atoms with E-state index in [1.807, 2.05) is 26.0 Å². The number of nitriles is 1. The van der Waals surface area contributed by atoms with Crippen molar-refractivity contribution in [3.8, 4) is 6.07 Å². The summed E-state index contributed by atoms with van der Waals surface area (Å²) in [5.41, 5.74) is 0.646. The molecule has 1 aromatic rings. The Balaban J connectivity index is 2.79. The van der Waals surface area contributed by atoms with Gasteiger partial charge in [-0.25, -0.2) is 0 Å². The number of para-hydroxylation sites is 1. The molecule has 0 radical (unpaired) electrons. The van der Waals surface area contributed by atoms with E-state index in [-0.39, 0.29) is 11.6 Å². The van der Waals surface area contributed by atoms with E-state index in [0.29, 0.717) is 10.7 Å². The highest BCUT2D eigenvalue weighted by Crippen LogP contribution is 2.20. The lowest BCUT2D eigenvalue weighted by Gasteiger charge is -2.08. The molecule has 0 saturated heterocycles. The minimum Gasteiger partial charge on any atom is -0.359 e. The Kier molecular flexibility index (Phi) is 5.22. The van der Waals surface area contributed by atoms with Crippen molar-refractivity contribution in [3.63, 3.8) is 0 Å². The third-order valence-corrected chi connectivity index (χ3v) is 2.36. The Morgan fingerprint density at radius 2 is 2.11 bits per heavy atom. The third-order valence-electron chi connectivity index (χ3n) is 2.03. The number of nitrogens with one attached hydrogen (secondary N) is 2. The number of hydrogen-bond donors (Lipinski definition) is 2. The number of nitrogens with zero attached hydrogens (tertiary/aromatic N) is 1. The van der Waals surface area contributed by atoms with Crippen molar-refractivity contribution in [3.05, 3.63) is 41.1 Å². The molecule has 0 fully saturated rings. The zero-order chi connectivity index (χ0) is 13.5. The highest BCUT2D eigenvalue weighted by Gasteiger charge is 2.09. The van der Waals surface area contributed by atoms with Gasteiger partial charge in [0, 0.05) is 12.2 Å². The summed E-state index contributed by atoms with van der Waals surface area (Å²) in [6.07, 6.45) is 1.35. The molecule has 0 aliphatic rings. The second kappa shape index (κ2) is 6.67. The molecule has 0 atom stereocenters. The second-order valence-corrected chi connectivity index (χ2v) is 4.33. The summed E-state index contributed by atoms with van der Waals surface area (Å²) in [5.74, 6) is -0.410. The van der Waals surface area contributed by atoms with Crippen molar-refractivity contribution in [1.82, 2.24) is 5.32 Å². The molecule has 4 nitrogen and oxygen atoms in total. The number of hydrogen-bond acceptors (Lipinski definition) is 3. The SMILES string of the molecule is CC(C)NC(=O)/C(C#N)=C\Nc1ccccc1Cl. The van der Waals surface area contributed by atoms with E-state index < -0.39 is 5.91 Å². The van der Waals surface area contributed by atoms with E-state index >= 15 is 0 Å². The molecule has 0 aliphatic heterocycles. The van der Waals surface area contributed by atoms with Crippen molar-refractivity contribution in [1.29, 1.82) is 5.26 Å². The molecule has 94 valence electrons. The number of carbonyl (C=O) groups is 1. The maximum absolute atomic E-state index is 11.6. The van der Waals surface area contributed by atoms with Crippen LogP contribution in [0, 0.1) is 11.3 Å².